The second-order valence-corrected chi connectivity index (χ2v) is 10.3. The molecule has 2 heteroatoms. The molecule has 1 aromatic heterocycles. The number of nitrogens with zero attached hydrogens (tertiary/aromatic N) is 1. The smallest absolute Gasteiger partial charge is 0.115 e. The topological polar surface area (TPSA) is 12.9 Å². The summed E-state index contributed by atoms with van der Waals surface area (Å²) in [5, 5.41) is 0.355. The molecule has 0 bridgehead atoms. The SMILES string of the molecule is BC1(c2ccc(-c3ccc(-c4ccccc4C)nc3)cc2)CCC(C2CCCCC2)C1. The maximum Gasteiger partial charge on any atom is 0.115 e. The van der Waals surface area contributed by atoms with Crippen LogP contribution in [0.2, 0.25) is 0 Å². The average molecular weight is 407 g/mol. The zero-order valence-electron chi connectivity index (χ0n) is 19.1. The molecule has 0 spiro atoms. The number of hydrogen-bond acceptors (Lipinski definition) is 1. The lowest BCUT2D eigenvalue weighted by Crippen LogP contribution is -2.24. The number of benzene rings is 2. The summed E-state index contributed by atoms with van der Waals surface area (Å²) in [6, 6.07) is 22.2. The Bertz CT molecular complexity index is 1020. The van der Waals surface area contributed by atoms with Crippen LogP contribution >= 0.6 is 0 Å². The molecule has 0 saturated heterocycles. The van der Waals surface area contributed by atoms with E-state index in [1.54, 1.807) is 0 Å². The average Bonchev–Trinajstić information content (AvgIpc) is 3.24. The van der Waals surface area contributed by atoms with E-state index < -0.39 is 0 Å². The summed E-state index contributed by atoms with van der Waals surface area (Å²) in [6.45, 7) is 2.14. The van der Waals surface area contributed by atoms with Crippen LogP contribution in [0.4, 0.5) is 0 Å². The Morgan fingerprint density at radius 2 is 1.55 bits per heavy atom. The van der Waals surface area contributed by atoms with Gasteiger partial charge in [-0.1, -0.05) is 99.5 Å². The van der Waals surface area contributed by atoms with Gasteiger partial charge in [0.15, 0.2) is 0 Å². The zero-order chi connectivity index (χ0) is 21.3. The number of aryl methyl sites for hydroxylation is 1. The van der Waals surface area contributed by atoms with Crippen molar-refractivity contribution in [3.8, 4) is 22.4 Å². The molecule has 2 atom stereocenters. The van der Waals surface area contributed by atoms with Gasteiger partial charge >= 0.3 is 0 Å². The summed E-state index contributed by atoms with van der Waals surface area (Å²) in [4.78, 5) is 4.76. The van der Waals surface area contributed by atoms with Crippen molar-refractivity contribution in [2.24, 2.45) is 11.8 Å². The van der Waals surface area contributed by atoms with Crippen LogP contribution in [-0.4, -0.2) is 12.8 Å². The van der Waals surface area contributed by atoms with Crippen molar-refractivity contribution < 1.29 is 0 Å². The highest BCUT2D eigenvalue weighted by atomic mass is 14.7. The van der Waals surface area contributed by atoms with Gasteiger partial charge in [-0.3, -0.25) is 4.98 Å². The number of hydrogen-bond donors (Lipinski definition) is 0. The van der Waals surface area contributed by atoms with Gasteiger partial charge in [-0.15, -0.1) is 0 Å². The van der Waals surface area contributed by atoms with Crippen molar-refractivity contribution in [3.63, 3.8) is 0 Å². The summed E-state index contributed by atoms with van der Waals surface area (Å²) < 4.78 is 0. The molecule has 0 N–H and O–H groups in total. The summed E-state index contributed by atoms with van der Waals surface area (Å²) >= 11 is 0. The summed E-state index contributed by atoms with van der Waals surface area (Å²) in [5.41, 5.74) is 7.51. The molecular formula is C29H34BN. The van der Waals surface area contributed by atoms with E-state index in [0.717, 1.165) is 17.5 Å². The van der Waals surface area contributed by atoms with Crippen LogP contribution in [0, 0.1) is 18.8 Å². The van der Waals surface area contributed by atoms with E-state index in [1.165, 1.54) is 79.2 Å². The number of aromatic nitrogens is 1. The zero-order valence-corrected chi connectivity index (χ0v) is 19.1. The third-order valence-corrected chi connectivity index (χ3v) is 8.20. The van der Waals surface area contributed by atoms with Crippen LogP contribution in [0.1, 0.15) is 62.5 Å². The molecule has 2 aliphatic carbocycles. The van der Waals surface area contributed by atoms with Gasteiger partial charge in [0.25, 0.3) is 0 Å². The lowest BCUT2D eigenvalue weighted by atomic mass is 9.62. The molecule has 2 aromatic carbocycles. The number of rotatable bonds is 4. The molecule has 0 amide bonds. The summed E-state index contributed by atoms with van der Waals surface area (Å²) in [6.07, 6.45) is 13.5. The monoisotopic (exact) mass is 407 g/mol. The minimum absolute atomic E-state index is 0.355. The molecule has 31 heavy (non-hydrogen) atoms. The van der Waals surface area contributed by atoms with Gasteiger partial charge in [0.2, 0.25) is 0 Å². The van der Waals surface area contributed by atoms with Crippen molar-refractivity contribution in [2.75, 3.05) is 0 Å². The van der Waals surface area contributed by atoms with Gasteiger partial charge in [0.1, 0.15) is 7.85 Å². The predicted octanol–water partition coefficient (Wildman–Crippen LogP) is 6.93. The minimum Gasteiger partial charge on any atom is -0.256 e. The molecule has 0 radical (unpaired) electrons. The van der Waals surface area contributed by atoms with Crippen LogP contribution in [-0.2, 0) is 5.31 Å². The Labute approximate surface area is 188 Å². The van der Waals surface area contributed by atoms with Crippen molar-refractivity contribution in [3.05, 3.63) is 78.0 Å². The first-order valence-corrected chi connectivity index (χ1v) is 12.3. The molecule has 1 nitrogen and oxygen atoms in total. The van der Waals surface area contributed by atoms with Gasteiger partial charge in [-0.05, 0) is 53.3 Å². The first kappa shape index (κ1) is 20.6. The lowest BCUT2D eigenvalue weighted by molar-refractivity contribution is 0.248. The molecule has 2 saturated carbocycles. The third kappa shape index (κ3) is 4.22. The predicted molar refractivity (Wildman–Crippen MR) is 134 cm³/mol. The van der Waals surface area contributed by atoms with E-state index in [4.69, 9.17) is 4.98 Å². The van der Waals surface area contributed by atoms with Gasteiger partial charge in [0.05, 0.1) is 5.69 Å². The largest absolute Gasteiger partial charge is 0.256 e. The molecule has 3 aromatic rings. The first-order valence-electron chi connectivity index (χ1n) is 12.3. The van der Waals surface area contributed by atoms with Crippen molar-refractivity contribution in [1.29, 1.82) is 0 Å². The van der Waals surface area contributed by atoms with Gasteiger partial charge < -0.3 is 0 Å². The summed E-state index contributed by atoms with van der Waals surface area (Å²) in [7, 11) is 2.50. The van der Waals surface area contributed by atoms with Crippen molar-refractivity contribution >= 4 is 7.85 Å². The molecule has 1 heterocycles. The van der Waals surface area contributed by atoms with Crippen LogP contribution in [0.15, 0.2) is 66.9 Å². The highest BCUT2D eigenvalue weighted by Crippen LogP contribution is 2.48. The fourth-order valence-corrected chi connectivity index (χ4v) is 6.21. The maximum absolute atomic E-state index is 4.76. The van der Waals surface area contributed by atoms with Gasteiger partial charge in [0, 0.05) is 17.3 Å². The number of pyridine rings is 1. The van der Waals surface area contributed by atoms with Crippen LogP contribution in [0.25, 0.3) is 22.4 Å². The standard InChI is InChI=1S/C29H34BN/c1-21-7-5-6-10-27(21)28-16-13-25(20-31-28)23-11-14-26(15-12-23)29(30)18-17-24(19-29)22-8-3-2-4-9-22/h5-7,10-16,20,22,24H,2-4,8-9,17-19,30H2,1H3. The molecular weight excluding hydrogens is 373 g/mol. The maximum atomic E-state index is 4.76. The third-order valence-electron chi connectivity index (χ3n) is 8.20. The van der Waals surface area contributed by atoms with E-state index in [-0.39, 0.29) is 0 Å². The van der Waals surface area contributed by atoms with E-state index in [9.17, 15) is 0 Å². The minimum atomic E-state index is 0.355. The second kappa shape index (κ2) is 8.65. The highest BCUT2D eigenvalue weighted by Gasteiger charge is 2.39. The fraction of sp³-hybridized carbons (Fsp3) is 0.414. The van der Waals surface area contributed by atoms with E-state index in [0.29, 0.717) is 5.31 Å². The molecule has 5 rings (SSSR count). The van der Waals surface area contributed by atoms with Gasteiger partial charge in [-0.25, -0.2) is 0 Å². The Morgan fingerprint density at radius 3 is 2.26 bits per heavy atom. The van der Waals surface area contributed by atoms with Crippen molar-refractivity contribution in [1.82, 2.24) is 4.98 Å². The van der Waals surface area contributed by atoms with E-state index >= 15 is 0 Å². The Hall–Kier alpha value is -2.35. The van der Waals surface area contributed by atoms with Crippen LogP contribution in [0.3, 0.4) is 0 Å². The van der Waals surface area contributed by atoms with E-state index in [2.05, 4.69) is 75.4 Å². The Balaban J connectivity index is 1.30. The van der Waals surface area contributed by atoms with E-state index in [1.807, 2.05) is 6.20 Å². The Morgan fingerprint density at radius 1 is 0.806 bits per heavy atom. The molecule has 158 valence electrons. The van der Waals surface area contributed by atoms with Crippen molar-refractivity contribution in [2.45, 2.75) is 63.6 Å². The van der Waals surface area contributed by atoms with Crippen LogP contribution in [0.5, 0.6) is 0 Å². The molecule has 0 aliphatic heterocycles. The molecule has 2 aliphatic rings. The first-order chi connectivity index (χ1) is 15.1. The fourth-order valence-electron chi connectivity index (χ4n) is 6.21. The lowest BCUT2D eigenvalue weighted by Gasteiger charge is -2.30. The highest BCUT2D eigenvalue weighted by molar-refractivity contribution is 6.16. The van der Waals surface area contributed by atoms with Crippen LogP contribution < -0.4 is 0 Å². The summed E-state index contributed by atoms with van der Waals surface area (Å²) in [5.74, 6) is 1.94. The molecule has 2 unspecified atom stereocenters. The normalized spacial score (nSPS) is 24.4. The molecule has 2 fully saturated rings. The second-order valence-electron chi connectivity index (χ2n) is 10.3. The quantitative estimate of drug-likeness (QED) is 0.427. The Kier molecular flexibility index (Phi) is 5.74. The van der Waals surface area contributed by atoms with Gasteiger partial charge in [-0.2, -0.15) is 0 Å².